The van der Waals surface area contributed by atoms with Gasteiger partial charge in [0.1, 0.15) is 0 Å². The molecule has 1 aromatic rings. The highest BCUT2D eigenvalue weighted by Gasteiger charge is 2.18. The largest absolute Gasteiger partial charge is 0.261 e. The number of aromatic nitrogens is 1. The average Bonchev–Trinajstić information content (AvgIpc) is 2.01. The molecule has 0 radical (unpaired) electrons. The first-order chi connectivity index (χ1) is 6.18. The summed E-state index contributed by atoms with van der Waals surface area (Å²) in [6.07, 6.45) is 2.75. The topological polar surface area (TPSA) is 42.3 Å². The number of nitrogens with zero attached hydrogens (tertiary/aromatic N) is 2. The van der Waals surface area contributed by atoms with Crippen LogP contribution in [0.3, 0.4) is 0 Å². The summed E-state index contributed by atoms with van der Waals surface area (Å²) in [7, 11) is -1.86. The predicted molar refractivity (Wildman–Crippen MR) is 53.6 cm³/mol. The smallest absolute Gasteiger partial charge is 0.0763 e. The van der Waals surface area contributed by atoms with Crippen LogP contribution in [0, 0.1) is 6.92 Å². The van der Waals surface area contributed by atoms with Crippen LogP contribution < -0.4 is 0 Å². The third kappa shape index (κ3) is 1.88. The van der Waals surface area contributed by atoms with Gasteiger partial charge in [0, 0.05) is 23.4 Å². The first kappa shape index (κ1) is 8.69. The zero-order valence-corrected chi connectivity index (χ0v) is 8.38. The number of hydrogen-bond acceptors (Lipinski definition) is 3. The van der Waals surface area contributed by atoms with Crippen LogP contribution in [0.2, 0.25) is 0 Å². The third-order valence-electron chi connectivity index (χ3n) is 2.08. The Bertz CT molecular complexity index is 423. The molecule has 13 heavy (non-hydrogen) atoms. The van der Waals surface area contributed by atoms with Crippen LogP contribution in [0.15, 0.2) is 22.7 Å². The van der Waals surface area contributed by atoms with Crippen molar-refractivity contribution in [3.05, 3.63) is 24.0 Å². The lowest BCUT2D eigenvalue weighted by Gasteiger charge is -2.17. The molecule has 70 valence electrons. The number of aryl methyl sites for hydroxylation is 1. The molecule has 1 aromatic heterocycles. The van der Waals surface area contributed by atoms with Crippen LogP contribution in [0.25, 0.3) is 0 Å². The van der Waals surface area contributed by atoms with E-state index in [0.717, 1.165) is 29.3 Å². The van der Waals surface area contributed by atoms with Gasteiger partial charge in [-0.1, -0.05) is 0 Å². The second-order valence-corrected chi connectivity index (χ2v) is 5.83. The lowest BCUT2D eigenvalue weighted by Crippen LogP contribution is -2.22. The molecule has 2 rings (SSSR count). The second kappa shape index (κ2) is 3.10. The molecular weight excluding hydrogens is 184 g/mol. The summed E-state index contributed by atoms with van der Waals surface area (Å²) in [5, 5.41) is 0. The molecular formula is C9H12N2OS. The molecule has 0 atom stereocenters. The van der Waals surface area contributed by atoms with Gasteiger partial charge < -0.3 is 0 Å². The highest BCUT2D eigenvalue weighted by molar-refractivity contribution is 7.95. The van der Waals surface area contributed by atoms with E-state index in [2.05, 4.69) is 9.35 Å². The summed E-state index contributed by atoms with van der Waals surface area (Å²) in [6.45, 7) is 1.91. The van der Waals surface area contributed by atoms with Crippen molar-refractivity contribution in [3.8, 4) is 0 Å². The molecule has 0 amide bonds. The molecule has 0 unspecified atom stereocenters. The molecule has 1 aliphatic heterocycles. The quantitative estimate of drug-likeness (QED) is 0.688. The maximum absolute atomic E-state index is 11.7. The molecule has 3 nitrogen and oxygen atoms in total. The molecule has 0 aromatic carbocycles. The van der Waals surface area contributed by atoms with E-state index >= 15 is 0 Å². The fraction of sp³-hybridized carbons (Fsp3) is 0.444. The SMILES string of the molecule is Cc1cc(N=S2(=O)CCC2)ccn1. The van der Waals surface area contributed by atoms with Gasteiger partial charge in [0.15, 0.2) is 0 Å². The van der Waals surface area contributed by atoms with Crippen molar-refractivity contribution in [1.82, 2.24) is 4.98 Å². The number of rotatable bonds is 1. The minimum Gasteiger partial charge on any atom is -0.261 e. The summed E-state index contributed by atoms with van der Waals surface area (Å²) >= 11 is 0. The van der Waals surface area contributed by atoms with Gasteiger partial charge in [-0.3, -0.25) is 4.98 Å². The van der Waals surface area contributed by atoms with Crippen LogP contribution in [0.4, 0.5) is 5.69 Å². The van der Waals surface area contributed by atoms with Gasteiger partial charge in [-0.2, -0.15) is 4.36 Å². The summed E-state index contributed by atoms with van der Waals surface area (Å²) in [6, 6.07) is 3.67. The van der Waals surface area contributed by atoms with E-state index in [-0.39, 0.29) is 0 Å². The standard InChI is InChI=1S/C9H12N2OS/c1-8-7-9(3-4-10-8)11-13(12)5-2-6-13/h3-4,7H,2,5-6H2,1H3. The van der Waals surface area contributed by atoms with Crippen molar-refractivity contribution < 1.29 is 4.21 Å². The number of pyridine rings is 1. The molecule has 0 saturated carbocycles. The van der Waals surface area contributed by atoms with Crippen LogP contribution >= 0.6 is 0 Å². The fourth-order valence-corrected chi connectivity index (χ4v) is 2.72. The molecule has 4 heteroatoms. The van der Waals surface area contributed by atoms with Crippen molar-refractivity contribution in [1.29, 1.82) is 0 Å². The van der Waals surface area contributed by atoms with Crippen LogP contribution in [-0.2, 0) is 9.73 Å². The first-order valence-corrected chi connectivity index (χ1v) is 6.18. The van der Waals surface area contributed by atoms with Gasteiger partial charge in [0.05, 0.1) is 15.4 Å². The summed E-state index contributed by atoms with van der Waals surface area (Å²) in [5.41, 5.74) is 1.72. The Balaban J connectivity index is 2.37. The van der Waals surface area contributed by atoms with Gasteiger partial charge in [0.25, 0.3) is 0 Å². The van der Waals surface area contributed by atoms with Crippen molar-refractivity contribution >= 4 is 15.4 Å². The zero-order valence-electron chi connectivity index (χ0n) is 7.56. The van der Waals surface area contributed by atoms with Crippen molar-refractivity contribution in [2.24, 2.45) is 4.36 Å². The van der Waals surface area contributed by atoms with Crippen LogP contribution in [-0.4, -0.2) is 20.7 Å². The Morgan fingerprint density at radius 2 is 2.31 bits per heavy atom. The molecule has 0 aliphatic carbocycles. The Labute approximate surface area is 78.4 Å². The van der Waals surface area contributed by atoms with E-state index in [0.29, 0.717) is 0 Å². The molecule has 2 heterocycles. The monoisotopic (exact) mass is 196 g/mol. The normalized spacial score (nSPS) is 19.2. The van der Waals surface area contributed by atoms with Gasteiger partial charge in [-0.15, -0.1) is 0 Å². The van der Waals surface area contributed by atoms with E-state index in [4.69, 9.17) is 0 Å². The maximum atomic E-state index is 11.7. The highest BCUT2D eigenvalue weighted by Crippen LogP contribution is 2.20. The molecule has 0 spiro atoms. The van der Waals surface area contributed by atoms with E-state index < -0.39 is 9.73 Å². The molecule has 1 aliphatic rings. The average molecular weight is 196 g/mol. The van der Waals surface area contributed by atoms with Crippen LogP contribution in [0.1, 0.15) is 12.1 Å². The first-order valence-electron chi connectivity index (χ1n) is 4.33. The minimum atomic E-state index is -1.86. The van der Waals surface area contributed by atoms with Gasteiger partial charge in [0.2, 0.25) is 0 Å². The highest BCUT2D eigenvalue weighted by atomic mass is 32.2. The summed E-state index contributed by atoms with van der Waals surface area (Å²) < 4.78 is 16.0. The zero-order chi connectivity index (χ0) is 9.31. The third-order valence-corrected chi connectivity index (χ3v) is 4.48. The Kier molecular flexibility index (Phi) is 2.07. The molecule has 0 bridgehead atoms. The maximum Gasteiger partial charge on any atom is 0.0763 e. The second-order valence-electron chi connectivity index (χ2n) is 3.28. The summed E-state index contributed by atoms with van der Waals surface area (Å²) in [4.78, 5) is 4.06. The van der Waals surface area contributed by atoms with Crippen molar-refractivity contribution in [2.45, 2.75) is 13.3 Å². The predicted octanol–water partition coefficient (Wildman–Crippen LogP) is 1.89. The Hall–Kier alpha value is -0.900. The molecule has 1 fully saturated rings. The lowest BCUT2D eigenvalue weighted by atomic mass is 10.3. The van der Waals surface area contributed by atoms with Crippen LogP contribution in [0.5, 0.6) is 0 Å². The van der Waals surface area contributed by atoms with E-state index in [1.807, 2.05) is 13.0 Å². The lowest BCUT2D eigenvalue weighted by molar-refractivity contribution is 0.663. The Morgan fingerprint density at radius 1 is 1.54 bits per heavy atom. The van der Waals surface area contributed by atoms with E-state index in [1.165, 1.54) is 0 Å². The molecule has 1 saturated heterocycles. The number of hydrogen-bond donors (Lipinski definition) is 0. The fourth-order valence-electron chi connectivity index (χ4n) is 1.26. The van der Waals surface area contributed by atoms with E-state index in [9.17, 15) is 4.21 Å². The van der Waals surface area contributed by atoms with Crippen molar-refractivity contribution in [3.63, 3.8) is 0 Å². The van der Waals surface area contributed by atoms with E-state index in [1.54, 1.807) is 12.3 Å². The van der Waals surface area contributed by atoms with Gasteiger partial charge >= 0.3 is 0 Å². The van der Waals surface area contributed by atoms with Crippen molar-refractivity contribution in [2.75, 3.05) is 11.5 Å². The van der Waals surface area contributed by atoms with Gasteiger partial charge in [-0.25, -0.2) is 4.21 Å². The minimum absolute atomic E-state index is 0.758. The molecule has 0 N–H and O–H groups in total. The van der Waals surface area contributed by atoms with Gasteiger partial charge in [-0.05, 0) is 25.5 Å². The summed E-state index contributed by atoms with van der Waals surface area (Å²) in [5.74, 6) is 1.52. The Morgan fingerprint density at radius 3 is 2.85 bits per heavy atom.